The second kappa shape index (κ2) is 6.47. The van der Waals surface area contributed by atoms with E-state index in [1.54, 1.807) is 11.8 Å². The molecule has 0 fully saturated rings. The van der Waals surface area contributed by atoms with E-state index in [-0.39, 0.29) is 0 Å². The number of hydrogen-bond acceptors (Lipinski definition) is 2. The number of thioether (sulfide) groups is 1. The molecular weight excluding hydrogens is 156 g/mol. The minimum Gasteiger partial charge on any atom is -0.298 e. The van der Waals surface area contributed by atoms with Crippen LogP contribution in [0.5, 0.6) is 0 Å². The predicted octanol–water partition coefficient (Wildman–Crippen LogP) is 2.52. The van der Waals surface area contributed by atoms with Crippen LogP contribution >= 0.6 is 11.8 Å². The fourth-order valence-electron chi connectivity index (χ4n) is 0.695. The molecular formula is C9H16OS. The maximum atomic E-state index is 10.4. The van der Waals surface area contributed by atoms with Crippen LogP contribution in [0.25, 0.3) is 0 Å². The zero-order chi connectivity index (χ0) is 8.69. The summed E-state index contributed by atoms with van der Waals surface area (Å²) in [5.41, 5.74) is 0.922. The maximum Gasteiger partial charge on any atom is 0.146 e. The molecule has 0 N–H and O–H groups in total. The molecule has 0 aliphatic carbocycles. The number of rotatable bonds is 5. The molecule has 0 aromatic heterocycles. The molecule has 0 aliphatic rings. The van der Waals surface area contributed by atoms with Gasteiger partial charge in [-0.15, -0.1) is 0 Å². The molecule has 0 aliphatic heterocycles. The zero-order valence-electron chi connectivity index (χ0n) is 7.46. The Morgan fingerprint density at radius 1 is 1.55 bits per heavy atom. The fourth-order valence-corrected chi connectivity index (χ4v) is 1.21. The van der Waals surface area contributed by atoms with Crippen LogP contribution in [-0.4, -0.2) is 18.3 Å². The van der Waals surface area contributed by atoms with Crippen molar-refractivity contribution in [2.75, 3.05) is 12.0 Å². The van der Waals surface area contributed by atoms with E-state index in [4.69, 9.17) is 0 Å². The summed E-state index contributed by atoms with van der Waals surface area (Å²) in [5, 5.41) is 0. The Morgan fingerprint density at radius 2 is 2.18 bits per heavy atom. The molecule has 0 saturated carbocycles. The maximum absolute atomic E-state index is 10.4. The smallest absolute Gasteiger partial charge is 0.146 e. The van der Waals surface area contributed by atoms with E-state index in [0.717, 1.165) is 24.0 Å². The first-order valence-electron chi connectivity index (χ1n) is 3.83. The van der Waals surface area contributed by atoms with Crippen molar-refractivity contribution in [3.63, 3.8) is 0 Å². The van der Waals surface area contributed by atoms with Crippen LogP contribution < -0.4 is 0 Å². The molecule has 0 radical (unpaired) electrons. The Bertz CT molecular complexity index is 138. The highest BCUT2D eigenvalue weighted by molar-refractivity contribution is 7.98. The van der Waals surface area contributed by atoms with E-state index < -0.39 is 0 Å². The van der Waals surface area contributed by atoms with Crippen LogP contribution in [0.15, 0.2) is 11.6 Å². The normalized spacial score (nSPS) is 12.2. The van der Waals surface area contributed by atoms with Crippen molar-refractivity contribution in [1.82, 2.24) is 0 Å². The van der Waals surface area contributed by atoms with Crippen LogP contribution in [0.2, 0.25) is 0 Å². The van der Waals surface area contributed by atoms with Gasteiger partial charge in [0.25, 0.3) is 0 Å². The Hall–Kier alpha value is -0.240. The van der Waals surface area contributed by atoms with Gasteiger partial charge in [0.15, 0.2) is 0 Å². The molecule has 0 aromatic rings. The molecule has 0 unspecified atom stereocenters. The standard InChI is InChI=1S/C9H16OS/c1-8(2)4-5-9(6-10)7-11-3/h5-6,8H,4,7H2,1-3H3/b9-5-. The molecule has 0 rings (SSSR count). The first-order chi connectivity index (χ1) is 5.20. The van der Waals surface area contributed by atoms with Gasteiger partial charge in [-0.1, -0.05) is 19.9 Å². The first-order valence-corrected chi connectivity index (χ1v) is 5.23. The third kappa shape index (κ3) is 6.17. The van der Waals surface area contributed by atoms with Gasteiger partial charge < -0.3 is 0 Å². The van der Waals surface area contributed by atoms with Gasteiger partial charge in [0.2, 0.25) is 0 Å². The van der Waals surface area contributed by atoms with Crippen molar-refractivity contribution in [2.45, 2.75) is 20.3 Å². The van der Waals surface area contributed by atoms with Gasteiger partial charge in [-0.3, -0.25) is 4.79 Å². The van der Waals surface area contributed by atoms with Crippen LogP contribution in [0, 0.1) is 5.92 Å². The molecule has 0 aromatic carbocycles. The van der Waals surface area contributed by atoms with E-state index >= 15 is 0 Å². The predicted molar refractivity (Wildman–Crippen MR) is 52.0 cm³/mol. The molecule has 11 heavy (non-hydrogen) atoms. The molecule has 0 heterocycles. The largest absolute Gasteiger partial charge is 0.298 e. The molecule has 0 spiro atoms. The lowest BCUT2D eigenvalue weighted by molar-refractivity contribution is -0.104. The highest BCUT2D eigenvalue weighted by Crippen LogP contribution is 2.06. The molecule has 0 atom stereocenters. The van der Waals surface area contributed by atoms with Gasteiger partial charge in [0, 0.05) is 5.75 Å². The number of hydrogen-bond donors (Lipinski definition) is 0. The average molecular weight is 172 g/mol. The van der Waals surface area contributed by atoms with Crippen LogP contribution in [0.1, 0.15) is 20.3 Å². The second-order valence-corrected chi connectivity index (χ2v) is 3.83. The van der Waals surface area contributed by atoms with Crippen molar-refractivity contribution in [3.05, 3.63) is 11.6 Å². The number of aldehydes is 1. The summed E-state index contributed by atoms with van der Waals surface area (Å²) in [6.07, 6.45) is 6.01. The summed E-state index contributed by atoms with van der Waals surface area (Å²) in [7, 11) is 0. The lowest BCUT2D eigenvalue weighted by atomic mass is 10.1. The van der Waals surface area contributed by atoms with Crippen molar-refractivity contribution in [2.24, 2.45) is 5.92 Å². The minimum atomic E-state index is 0.645. The average Bonchev–Trinajstić information content (AvgIpc) is 1.97. The van der Waals surface area contributed by atoms with E-state index in [1.165, 1.54) is 0 Å². The number of carbonyl (C=O) groups excluding carboxylic acids is 1. The van der Waals surface area contributed by atoms with E-state index in [1.807, 2.05) is 12.3 Å². The molecule has 64 valence electrons. The zero-order valence-corrected chi connectivity index (χ0v) is 8.28. The molecule has 1 nitrogen and oxygen atoms in total. The summed E-state index contributed by atoms with van der Waals surface area (Å²) in [4.78, 5) is 10.4. The van der Waals surface area contributed by atoms with Gasteiger partial charge in [-0.05, 0) is 24.2 Å². The fraction of sp³-hybridized carbons (Fsp3) is 0.667. The van der Waals surface area contributed by atoms with Gasteiger partial charge in [0.1, 0.15) is 6.29 Å². The summed E-state index contributed by atoms with van der Waals surface area (Å²) >= 11 is 1.69. The Balaban J connectivity index is 3.80. The summed E-state index contributed by atoms with van der Waals surface area (Å²) < 4.78 is 0. The van der Waals surface area contributed by atoms with Gasteiger partial charge in [0.05, 0.1) is 0 Å². The van der Waals surface area contributed by atoms with E-state index in [9.17, 15) is 4.79 Å². The Morgan fingerprint density at radius 3 is 2.55 bits per heavy atom. The quantitative estimate of drug-likeness (QED) is 0.468. The highest BCUT2D eigenvalue weighted by atomic mass is 32.2. The van der Waals surface area contributed by atoms with Gasteiger partial charge in [-0.25, -0.2) is 0 Å². The Kier molecular flexibility index (Phi) is 6.33. The topological polar surface area (TPSA) is 17.1 Å². The van der Waals surface area contributed by atoms with Crippen LogP contribution in [0.4, 0.5) is 0 Å². The van der Waals surface area contributed by atoms with E-state index in [0.29, 0.717) is 5.92 Å². The SMILES string of the molecule is CSC/C(C=O)=C\CC(C)C. The first kappa shape index (κ1) is 10.8. The molecule has 2 heteroatoms. The number of allylic oxidation sites excluding steroid dienone is 1. The monoisotopic (exact) mass is 172 g/mol. The lowest BCUT2D eigenvalue weighted by Crippen LogP contribution is -1.91. The third-order valence-corrected chi connectivity index (χ3v) is 1.94. The van der Waals surface area contributed by atoms with Crippen molar-refractivity contribution in [3.8, 4) is 0 Å². The van der Waals surface area contributed by atoms with Gasteiger partial charge >= 0.3 is 0 Å². The van der Waals surface area contributed by atoms with Crippen LogP contribution in [-0.2, 0) is 4.79 Å². The second-order valence-electron chi connectivity index (χ2n) is 2.96. The summed E-state index contributed by atoms with van der Waals surface area (Å²) in [5.74, 6) is 1.49. The highest BCUT2D eigenvalue weighted by Gasteiger charge is 1.94. The molecule has 0 bridgehead atoms. The number of carbonyl (C=O) groups is 1. The van der Waals surface area contributed by atoms with Crippen molar-refractivity contribution >= 4 is 18.0 Å². The van der Waals surface area contributed by atoms with Crippen molar-refractivity contribution in [1.29, 1.82) is 0 Å². The third-order valence-electron chi connectivity index (χ3n) is 1.31. The lowest BCUT2D eigenvalue weighted by Gasteiger charge is -1.99. The van der Waals surface area contributed by atoms with Crippen molar-refractivity contribution < 1.29 is 4.79 Å². The summed E-state index contributed by atoms with van der Waals surface area (Å²) in [6, 6.07) is 0. The summed E-state index contributed by atoms with van der Waals surface area (Å²) in [6.45, 7) is 4.30. The minimum absolute atomic E-state index is 0.645. The van der Waals surface area contributed by atoms with E-state index in [2.05, 4.69) is 13.8 Å². The van der Waals surface area contributed by atoms with Crippen LogP contribution in [0.3, 0.4) is 0 Å². The molecule has 0 saturated heterocycles. The van der Waals surface area contributed by atoms with Gasteiger partial charge in [-0.2, -0.15) is 11.8 Å². The molecule has 0 amide bonds. The Labute approximate surface area is 73.3 Å².